The van der Waals surface area contributed by atoms with Gasteiger partial charge in [0.15, 0.2) is 0 Å². The highest BCUT2D eigenvalue weighted by molar-refractivity contribution is 5.66. The maximum atomic E-state index is 11.3. The van der Waals surface area contributed by atoms with Gasteiger partial charge in [0, 0.05) is 13.3 Å². The number of carbonyl (C=O) groups is 2. The summed E-state index contributed by atoms with van der Waals surface area (Å²) in [6, 6.07) is 0. The molecule has 0 bridgehead atoms. The van der Waals surface area contributed by atoms with Crippen molar-refractivity contribution >= 4 is 11.9 Å². The van der Waals surface area contributed by atoms with Gasteiger partial charge in [-0.25, -0.2) is 0 Å². The molecule has 0 saturated heterocycles. The number of aliphatic carboxylic acids is 1. The Labute approximate surface area is 173 Å². The Morgan fingerprint density at radius 1 is 0.786 bits per heavy atom. The molecule has 0 aliphatic rings. The molecule has 0 amide bonds. The molecule has 0 heterocycles. The first-order chi connectivity index (χ1) is 13.6. The topological polar surface area (TPSA) is 63.6 Å². The van der Waals surface area contributed by atoms with Crippen LogP contribution in [0.5, 0.6) is 0 Å². The Morgan fingerprint density at radius 3 is 1.96 bits per heavy atom. The third-order valence-electron chi connectivity index (χ3n) is 5.04. The Bertz CT molecular complexity index is 403. The molecule has 0 aromatic heterocycles. The number of hydrogen-bond acceptors (Lipinski definition) is 3. The van der Waals surface area contributed by atoms with Crippen LogP contribution in [-0.4, -0.2) is 23.1 Å². The number of allylic oxidation sites excluding steroid dienone is 2. The van der Waals surface area contributed by atoms with Crippen LogP contribution < -0.4 is 0 Å². The Balaban J connectivity index is 3.70. The third kappa shape index (κ3) is 21.0. The summed E-state index contributed by atoms with van der Waals surface area (Å²) in [5.41, 5.74) is 0. The number of ether oxygens (including phenoxy) is 1. The minimum Gasteiger partial charge on any atom is -0.481 e. The number of carbonyl (C=O) groups excluding carboxylic acids is 1. The van der Waals surface area contributed by atoms with Gasteiger partial charge >= 0.3 is 11.9 Å². The molecule has 1 atom stereocenters. The first kappa shape index (κ1) is 26.7. The van der Waals surface area contributed by atoms with Crippen LogP contribution in [0.15, 0.2) is 12.2 Å². The maximum absolute atomic E-state index is 11.3. The Morgan fingerprint density at radius 2 is 1.32 bits per heavy atom. The number of esters is 1. The fourth-order valence-corrected chi connectivity index (χ4v) is 3.42. The van der Waals surface area contributed by atoms with Gasteiger partial charge in [-0.15, -0.1) is 0 Å². The molecule has 0 aliphatic carbocycles. The highest BCUT2D eigenvalue weighted by atomic mass is 16.5. The SMILES string of the molecule is CCCCCCCC/C=C\CCCC(CCCCCCCC(=O)O)OC(C)=O. The molecule has 0 aromatic carbocycles. The number of rotatable bonds is 20. The normalized spacial score (nSPS) is 12.4. The summed E-state index contributed by atoms with van der Waals surface area (Å²) in [5, 5.41) is 8.62. The van der Waals surface area contributed by atoms with Crippen molar-refractivity contribution in [2.45, 2.75) is 129 Å². The summed E-state index contributed by atoms with van der Waals surface area (Å²) in [4.78, 5) is 21.8. The van der Waals surface area contributed by atoms with Crippen molar-refractivity contribution in [3.63, 3.8) is 0 Å². The van der Waals surface area contributed by atoms with Gasteiger partial charge in [0.05, 0.1) is 0 Å². The second kappa shape index (κ2) is 20.4. The van der Waals surface area contributed by atoms with E-state index in [-0.39, 0.29) is 18.5 Å². The van der Waals surface area contributed by atoms with Crippen molar-refractivity contribution in [2.75, 3.05) is 0 Å². The highest BCUT2D eigenvalue weighted by Gasteiger charge is 2.11. The van der Waals surface area contributed by atoms with Crippen LogP contribution >= 0.6 is 0 Å². The van der Waals surface area contributed by atoms with E-state index in [4.69, 9.17) is 9.84 Å². The van der Waals surface area contributed by atoms with Gasteiger partial charge in [-0.2, -0.15) is 0 Å². The predicted octanol–water partition coefficient (Wildman–Crippen LogP) is 7.21. The molecule has 0 rings (SSSR count). The number of carboxylic acids is 1. The van der Waals surface area contributed by atoms with E-state index in [9.17, 15) is 9.59 Å². The monoisotopic (exact) mass is 396 g/mol. The van der Waals surface area contributed by atoms with Crippen LogP contribution in [0.3, 0.4) is 0 Å². The summed E-state index contributed by atoms with van der Waals surface area (Å²) in [7, 11) is 0. The molecule has 0 aliphatic heterocycles. The molecule has 28 heavy (non-hydrogen) atoms. The summed E-state index contributed by atoms with van der Waals surface area (Å²) in [5.74, 6) is -0.902. The number of carboxylic acid groups (broad SMARTS) is 1. The third-order valence-corrected chi connectivity index (χ3v) is 5.04. The van der Waals surface area contributed by atoms with Gasteiger partial charge in [0.25, 0.3) is 0 Å². The zero-order valence-corrected chi connectivity index (χ0v) is 18.4. The molecular weight excluding hydrogens is 352 g/mol. The fourth-order valence-electron chi connectivity index (χ4n) is 3.42. The summed E-state index contributed by atoms with van der Waals surface area (Å²) in [6.45, 7) is 3.74. The molecule has 0 fully saturated rings. The molecule has 1 N–H and O–H groups in total. The van der Waals surface area contributed by atoms with Crippen molar-refractivity contribution in [3.05, 3.63) is 12.2 Å². The van der Waals surface area contributed by atoms with Crippen molar-refractivity contribution in [2.24, 2.45) is 0 Å². The quantitative estimate of drug-likeness (QED) is 0.134. The Kier molecular flexibility index (Phi) is 19.5. The molecule has 4 nitrogen and oxygen atoms in total. The first-order valence-corrected chi connectivity index (χ1v) is 11.6. The molecule has 1 unspecified atom stereocenters. The smallest absolute Gasteiger partial charge is 0.303 e. The minimum absolute atomic E-state index is 0.0310. The molecular formula is C24H44O4. The molecule has 0 saturated carbocycles. The van der Waals surface area contributed by atoms with Crippen LogP contribution in [0.1, 0.15) is 123 Å². The van der Waals surface area contributed by atoms with Crippen LogP contribution in [0.2, 0.25) is 0 Å². The van der Waals surface area contributed by atoms with Crippen LogP contribution in [0, 0.1) is 0 Å². The van der Waals surface area contributed by atoms with E-state index < -0.39 is 5.97 Å². The maximum Gasteiger partial charge on any atom is 0.303 e. The van der Waals surface area contributed by atoms with Crippen LogP contribution in [-0.2, 0) is 14.3 Å². The van der Waals surface area contributed by atoms with E-state index in [1.165, 1.54) is 51.9 Å². The zero-order chi connectivity index (χ0) is 20.9. The zero-order valence-electron chi connectivity index (χ0n) is 18.4. The summed E-state index contributed by atoms with van der Waals surface area (Å²) in [6.07, 6.45) is 23.0. The lowest BCUT2D eigenvalue weighted by Gasteiger charge is -2.16. The lowest BCUT2D eigenvalue weighted by molar-refractivity contribution is -0.147. The van der Waals surface area contributed by atoms with Crippen molar-refractivity contribution in [1.29, 1.82) is 0 Å². The van der Waals surface area contributed by atoms with Gasteiger partial charge in [0.2, 0.25) is 0 Å². The van der Waals surface area contributed by atoms with Gasteiger partial charge in [-0.1, -0.05) is 70.4 Å². The molecule has 164 valence electrons. The van der Waals surface area contributed by atoms with Crippen molar-refractivity contribution < 1.29 is 19.4 Å². The van der Waals surface area contributed by atoms with Gasteiger partial charge < -0.3 is 9.84 Å². The van der Waals surface area contributed by atoms with E-state index in [0.29, 0.717) is 0 Å². The van der Waals surface area contributed by atoms with Crippen molar-refractivity contribution in [3.8, 4) is 0 Å². The number of hydrogen-bond donors (Lipinski definition) is 1. The molecule has 0 spiro atoms. The second-order valence-corrected chi connectivity index (χ2v) is 7.89. The first-order valence-electron chi connectivity index (χ1n) is 11.6. The minimum atomic E-state index is -0.712. The standard InChI is InChI=1S/C24H44O4/c1-3-4-5-6-7-8-9-10-11-13-16-19-23(28-22(2)25)20-17-14-12-15-18-21-24(26)27/h10-11,23H,3-9,12-21H2,1-2H3,(H,26,27)/b11-10-. The molecule has 0 aromatic rings. The largest absolute Gasteiger partial charge is 0.481 e. The van der Waals surface area contributed by atoms with E-state index in [1.807, 2.05) is 0 Å². The number of unbranched alkanes of at least 4 members (excludes halogenated alkanes) is 11. The van der Waals surface area contributed by atoms with Gasteiger partial charge in [-0.3, -0.25) is 9.59 Å². The summed E-state index contributed by atoms with van der Waals surface area (Å²) < 4.78 is 5.46. The lowest BCUT2D eigenvalue weighted by atomic mass is 10.0. The van der Waals surface area contributed by atoms with Gasteiger partial charge in [0.1, 0.15) is 6.10 Å². The lowest BCUT2D eigenvalue weighted by Crippen LogP contribution is -2.16. The molecule has 0 radical (unpaired) electrons. The van der Waals surface area contributed by atoms with E-state index in [2.05, 4.69) is 19.1 Å². The average Bonchev–Trinajstić information content (AvgIpc) is 2.64. The van der Waals surface area contributed by atoms with E-state index in [0.717, 1.165) is 57.8 Å². The average molecular weight is 397 g/mol. The Hall–Kier alpha value is -1.32. The highest BCUT2D eigenvalue weighted by Crippen LogP contribution is 2.16. The van der Waals surface area contributed by atoms with Crippen molar-refractivity contribution in [1.82, 2.24) is 0 Å². The van der Waals surface area contributed by atoms with Crippen LogP contribution in [0.4, 0.5) is 0 Å². The predicted molar refractivity (Wildman–Crippen MR) is 116 cm³/mol. The fraction of sp³-hybridized carbons (Fsp3) is 0.833. The molecule has 4 heteroatoms. The van der Waals surface area contributed by atoms with E-state index >= 15 is 0 Å². The second-order valence-electron chi connectivity index (χ2n) is 7.89. The van der Waals surface area contributed by atoms with E-state index in [1.54, 1.807) is 0 Å². The van der Waals surface area contributed by atoms with Crippen LogP contribution in [0.25, 0.3) is 0 Å². The summed E-state index contributed by atoms with van der Waals surface area (Å²) >= 11 is 0. The van der Waals surface area contributed by atoms with Gasteiger partial charge in [-0.05, 0) is 51.4 Å².